The van der Waals surface area contributed by atoms with Gasteiger partial charge in [-0.05, 0) is 26.8 Å². The van der Waals surface area contributed by atoms with E-state index in [-0.39, 0.29) is 5.54 Å². The molecule has 0 atom stereocenters. The lowest BCUT2D eigenvalue weighted by molar-refractivity contribution is 0.168. The van der Waals surface area contributed by atoms with E-state index in [4.69, 9.17) is 22.7 Å². The van der Waals surface area contributed by atoms with Crippen molar-refractivity contribution in [2.24, 2.45) is 5.73 Å². The molecule has 5 nitrogen and oxygen atoms in total. The molecule has 21 heavy (non-hydrogen) atoms. The molecule has 0 radical (unpaired) electrons. The number of piperazine rings is 1. The summed E-state index contributed by atoms with van der Waals surface area (Å²) in [5, 5.41) is 0. The second kappa shape index (κ2) is 6.58. The zero-order valence-corrected chi connectivity index (χ0v) is 13.8. The third kappa shape index (κ3) is 3.63. The molecule has 1 aliphatic heterocycles. The van der Waals surface area contributed by atoms with Gasteiger partial charge in [0, 0.05) is 32.2 Å². The molecular weight excluding hydrogens is 284 g/mol. The predicted octanol–water partition coefficient (Wildman–Crippen LogP) is 1.67. The van der Waals surface area contributed by atoms with Crippen LogP contribution in [0.2, 0.25) is 0 Å². The minimum atomic E-state index is -0.234. The van der Waals surface area contributed by atoms with Crippen LogP contribution < -0.4 is 15.4 Å². The normalized spacial score (nSPS) is 16.8. The molecular formula is C15H24N4OS. The largest absolute Gasteiger partial charge is 0.478 e. The number of anilines is 1. The van der Waals surface area contributed by atoms with Crippen molar-refractivity contribution in [3.8, 4) is 5.88 Å². The molecule has 6 heteroatoms. The summed E-state index contributed by atoms with van der Waals surface area (Å²) < 4.78 is 5.46. The number of rotatable bonds is 5. The molecule has 0 unspecified atom stereocenters. The van der Waals surface area contributed by atoms with Crippen molar-refractivity contribution < 1.29 is 4.74 Å². The van der Waals surface area contributed by atoms with Gasteiger partial charge in [0.2, 0.25) is 5.88 Å². The molecule has 0 amide bonds. The Hall–Kier alpha value is -1.40. The zero-order chi connectivity index (χ0) is 15.5. The van der Waals surface area contributed by atoms with Crippen molar-refractivity contribution in [3.63, 3.8) is 0 Å². The monoisotopic (exact) mass is 308 g/mol. The van der Waals surface area contributed by atoms with Crippen molar-refractivity contribution in [3.05, 3.63) is 18.2 Å². The van der Waals surface area contributed by atoms with Crippen LogP contribution in [0.5, 0.6) is 5.88 Å². The number of nitrogens with two attached hydrogens (primary N) is 1. The molecule has 1 saturated heterocycles. The first-order chi connectivity index (χ1) is 9.95. The van der Waals surface area contributed by atoms with E-state index in [0.717, 1.165) is 32.0 Å². The Morgan fingerprint density at radius 2 is 2.00 bits per heavy atom. The molecule has 116 valence electrons. The summed E-state index contributed by atoms with van der Waals surface area (Å²) in [6, 6.07) is 5.90. The van der Waals surface area contributed by atoms with Gasteiger partial charge in [0.15, 0.2) is 0 Å². The van der Waals surface area contributed by atoms with Crippen LogP contribution in [0.3, 0.4) is 0 Å². The summed E-state index contributed by atoms with van der Waals surface area (Å²) in [7, 11) is 0. The van der Waals surface area contributed by atoms with Gasteiger partial charge in [0.25, 0.3) is 0 Å². The Kier molecular flexibility index (Phi) is 5.00. The van der Waals surface area contributed by atoms with Crippen LogP contribution >= 0.6 is 12.2 Å². The fraction of sp³-hybridized carbons (Fsp3) is 0.600. The fourth-order valence-electron chi connectivity index (χ4n) is 2.46. The molecule has 1 aromatic heterocycles. The highest BCUT2D eigenvalue weighted by Gasteiger charge is 2.32. The van der Waals surface area contributed by atoms with E-state index < -0.39 is 0 Å². The SMILES string of the molecule is CCOc1cccc(N2CCN(C(C)(C)C(N)=S)CC2)n1. The molecule has 0 saturated carbocycles. The van der Waals surface area contributed by atoms with E-state index in [1.165, 1.54) is 0 Å². The van der Waals surface area contributed by atoms with Gasteiger partial charge in [-0.1, -0.05) is 18.3 Å². The molecule has 2 N–H and O–H groups in total. The molecule has 0 aromatic carbocycles. The topological polar surface area (TPSA) is 54.6 Å². The maximum atomic E-state index is 5.85. The first-order valence-electron chi connectivity index (χ1n) is 7.35. The standard InChI is InChI=1S/C15H24N4OS/c1-4-20-13-7-5-6-12(17-13)18-8-10-19(11-9-18)15(2,3)14(16)21/h5-7H,4,8-11H2,1-3H3,(H2,16,21). The molecule has 0 aliphatic carbocycles. The van der Waals surface area contributed by atoms with Crippen LogP contribution in [0.15, 0.2) is 18.2 Å². The Morgan fingerprint density at radius 1 is 1.33 bits per heavy atom. The fourth-order valence-corrected chi connectivity index (χ4v) is 2.59. The van der Waals surface area contributed by atoms with Gasteiger partial charge in [0.05, 0.1) is 17.1 Å². The Balaban J connectivity index is 2.01. The van der Waals surface area contributed by atoms with Gasteiger partial charge in [0.1, 0.15) is 5.82 Å². The number of ether oxygens (including phenoxy) is 1. The van der Waals surface area contributed by atoms with Gasteiger partial charge in [-0.25, -0.2) is 0 Å². The number of aromatic nitrogens is 1. The number of thiocarbonyl (C=S) groups is 1. The van der Waals surface area contributed by atoms with Crippen molar-refractivity contribution in [2.75, 3.05) is 37.7 Å². The highest BCUT2D eigenvalue weighted by Crippen LogP contribution is 2.21. The summed E-state index contributed by atoms with van der Waals surface area (Å²) in [5.74, 6) is 1.65. The van der Waals surface area contributed by atoms with E-state index in [2.05, 4.69) is 28.6 Å². The summed E-state index contributed by atoms with van der Waals surface area (Å²) in [6.07, 6.45) is 0. The van der Waals surface area contributed by atoms with E-state index in [1.54, 1.807) is 0 Å². The summed E-state index contributed by atoms with van der Waals surface area (Å²) in [6.45, 7) is 10.4. The number of hydrogen-bond acceptors (Lipinski definition) is 5. The first-order valence-corrected chi connectivity index (χ1v) is 7.75. The minimum absolute atomic E-state index is 0.234. The average molecular weight is 308 g/mol. The summed E-state index contributed by atoms with van der Waals surface area (Å²) >= 11 is 5.18. The highest BCUT2D eigenvalue weighted by molar-refractivity contribution is 7.80. The molecule has 0 bridgehead atoms. The quantitative estimate of drug-likeness (QED) is 0.835. The predicted molar refractivity (Wildman–Crippen MR) is 90.1 cm³/mol. The molecule has 1 aliphatic rings. The van der Waals surface area contributed by atoms with Crippen LogP contribution in [0, 0.1) is 0 Å². The van der Waals surface area contributed by atoms with E-state index in [1.807, 2.05) is 25.1 Å². The van der Waals surface area contributed by atoms with Crippen LogP contribution in [0.25, 0.3) is 0 Å². The molecule has 1 fully saturated rings. The van der Waals surface area contributed by atoms with E-state index in [0.29, 0.717) is 17.5 Å². The van der Waals surface area contributed by atoms with Crippen molar-refractivity contribution in [2.45, 2.75) is 26.3 Å². The third-order valence-corrected chi connectivity index (χ3v) is 4.50. The van der Waals surface area contributed by atoms with Crippen LogP contribution in [-0.2, 0) is 0 Å². The van der Waals surface area contributed by atoms with Gasteiger partial charge in [-0.2, -0.15) is 4.98 Å². The molecule has 1 aromatic rings. The summed E-state index contributed by atoms with van der Waals surface area (Å²) in [5.41, 5.74) is 5.61. The second-order valence-corrected chi connectivity index (χ2v) is 6.10. The van der Waals surface area contributed by atoms with Crippen molar-refractivity contribution in [1.82, 2.24) is 9.88 Å². The third-order valence-electron chi connectivity index (χ3n) is 4.00. The molecule has 2 rings (SSSR count). The van der Waals surface area contributed by atoms with Crippen molar-refractivity contribution in [1.29, 1.82) is 0 Å². The van der Waals surface area contributed by atoms with Crippen LogP contribution in [0.4, 0.5) is 5.82 Å². The zero-order valence-electron chi connectivity index (χ0n) is 13.0. The number of nitrogens with zero attached hydrogens (tertiary/aromatic N) is 3. The van der Waals surface area contributed by atoms with Gasteiger partial charge in [-0.3, -0.25) is 4.90 Å². The second-order valence-electron chi connectivity index (χ2n) is 5.66. The Labute approximate surface area is 132 Å². The van der Waals surface area contributed by atoms with E-state index >= 15 is 0 Å². The number of pyridine rings is 1. The van der Waals surface area contributed by atoms with Crippen LogP contribution in [0.1, 0.15) is 20.8 Å². The van der Waals surface area contributed by atoms with E-state index in [9.17, 15) is 0 Å². The smallest absolute Gasteiger partial charge is 0.215 e. The highest BCUT2D eigenvalue weighted by atomic mass is 32.1. The summed E-state index contributed by atoms with van der Waals surface area (Å²) in [4.78, 5) is 9.70. The molecule has 0 spiro atoms. The molecule has 2 heterocycles. The Morgan fingerprint density at radius 3 is 2.57 bits per heavy atom. The first kappa shape index (κ1) is 16.0. The lowest BCUT2D eigenvalue weighted by Crippen LogP contribution is -2.59. The van der Waals surface area contributed by atoms with Gasteiger partial charge < -0.3 is 15.4 Å². The maximum Gasteiger partial charge on any atom is 0.215 e. The lowest BCUT2D eigenvalue weighted by atomic mass is 10.0. The van der Waals surface area contributed by atoms with Crippen molar-refractivity contribution >= 4 is 23.0 Å². The van der Waals surface area contributed by atoms with Gasteiger partial charge >= 0.3 is 0 Å². The van der Waals surface area contributed by atoms with Gasteiger partial charge in [-0.15, -0.1) is 0 Å². The number of hydrogen-bond donors (Lipinski definition) is 1. The Bertz CT molecular complexity index is 498. The maximum absolute atomic E-state index is 5.85. The minimum Gasteiger partial charge on any atom is -0.478 e. The lowest BCUT2D eigenvalue weighted by Gasteiger charge is -2.43. The van der Waals surface area contributed by atoms with Crippen LogP contribution in [-0.4, -0.2) is 53.2 Å². The average Bonchev–Trinajstić information content (AvgIpc) is 2.48.